The van der Waals surface area contributed by atoms with E-state index in [2.05, 4.69) is 27.1 Å². The fourth-order valence-electron chi connectivity index (χ4n) is 3.71. The number of H-pyrrole nitrogens is 1. The fourth-order valence-corrected chi connectivity index (χ4v) is 3.71. The Morgan fingerprint density at radius 2 is 1.75 bits per heavy atom. The van der Waals surface area contributed by atoms with Gasteiger partial charge in [-0.3, -0.25) is 23.9 Å². The molecule has 10 heteroatoms. The second kappa shape index (κ2) is 8.75. The van der Waals surface area contributed by atoms with Crippen molar-refractivity contribution < 1.29 is 9.59 Å². The average molecular weight is 436 g/mol. The van der Waals surface area contributed by atoms with Crippen LogP contribution in [0, 0.1) is 0 Å². The second-order valence-electron chi connectivity index (χ2n) is 7.67. The molecule has 2 aromatic heterocycles. The monoisotopic (exact) mass is 436 g/mol. The maximum Gasteiger partial charge on any atom is 0.329 e. The van der Waals surface area contributed by atoms with E-state index >= 15 is 0 Å². The van der Waals surface area contributed by atoms with Gasteiger partial charge in [0.2, 0.25) is 0 Å². The number of aryl methyl sites for hydroxylation is 1. The minimum atomic E-state index is -0.604. The number of pyridine rings is 1. The van der Waals surface area contributed by atoms with E-state index < -0.39 is 17.2 Å². The number of carbonyl (C=O) groups excluding carboxylic acids is 2. The van der Waals surface area contributed by atoms with Gasteiger partial charge in [0.15, 0.2) is 0 Å². The zero-order chi connectivity index (χ0) is 22.8. The highest BCUT2D eigenvalue weighted by Gasteiger charge is 2.21. The number of nitrogens with zero attached hydrogens (tertiary/aromatic N) is 4. The van der Waals surface area contributed by atoms with E-state index in [1.807, 2.05) is 4.90 Å². The summed E-state index contributed by atoms with van der Waals surface area (Å²) in [6.45, 7) is 6.23. The van der Waals surface area contributed by atoms with Crippen LogP contribution < -0.4 is 16.6 Å². The molecule has 0 bridgehead atoms. The van der Waals surface area contributed by atoms with Gasteiger partial charge in [-0.1, -0.05) is 6.92 Å². The molecule has 0 spiro atoms. The van der Waals surface area contributed by atoms with Crippen molar-refractivity contribution in [2.75, 3.05) is 38.0 Å². The van der Waals surface area contributed by atoms with E-state index in [-0.39, 0.29) is 22.5 Å². The summed E-state index contributed by atoms with van der Waals surface area (Å²) in [5.41, 5.74) is 0.264. The Bertz CT molecular complexity index is 1290. The number of hydrogen-bond donors (Lipinski definition) is 2. The van der Waals surface area contributed by atoms with Crippen LogP contribution in [0.15, 0.2) is 46.1 Å². The van der Waals surface area contributed by atoms with E-state index in [0.29, 0.717) is 24.3 Å². The number of amides is 2. The molecule has 3 heterocycles. The molecule has 0 radical (unpaired) electrons. The highest BCUT2D eigenvalue weighted by molar-refractivity contribution is 6.05. The number of likely N-dealkylation sites (N-methyl/N-ethyl adjacent to an activating group) is 1. The third kappa shape index (κ3) is 4.17. The number of aromatic amines is 1. The molecule has 10 nitrogen and oxygen atoms in total. The van der Waals surface area contributed by atoms with Crippen LogP contribution in [0.2, 0.25) is 0 Å². The predicted molar refractivity (Wildman–Crippen MR) is 120 cm³/mol. The normalized spacial score (nSPS) is 14.5. The van der Waals surface area contributed by atoms with Crippen LogP contribution >= 0.6 is 0 Å². The van der Waals surface area contributed by atoms with Gasteiger partial charge in [-0.15, -0.1) is 0 Å². The lowest BCUT2D eigenvalue weighted by atomic mass is 10.1. The van der Waals surface area contributed by atoms with Gasteiger partial charge in [-0.25, -0.2) is 9.78 Å². The van der Waals surface area contributed by atoms with Crippen LogP contribution in [0.4, 0.5) is 5.69 Å². The number of rotatable bonds is 4. The maximum atomic E-state index is 12.7. The first-order chi connectivity index (χ1) is 15.4. The lowest BCUT2D eigenvalue weighted by Gasteiger charge is -2.34. The van der Waals surface area contributed by atoms with Gasteiger partial charge in [0, 0.05) is 50.7 Å². The number of aromatic nitrogens is 3. The van der Waals surface area contributed by atoms with E-state index in [9.17, 15) is 19.2 Å². The zero-order valence-corrected chi connectivity index (χ0v) is 17.9. The maximum absolute atomic E-state index is 12.7. The molecule has 1 aliphatic heterocycles. The Labute approximate surface area is 183 Å². The topological polar surface area (TPSA) is 120 Å². The summed E-state index contributed by atoms with van der Waals surface area (Å²) in [5, 5.41) is 2.88. The van der Waals surface area contributed by atoms with Crippen molar-refractivity contribution in [3.05, 3.63) is 68.5 Å². The number of carbonyl (C=O) groups is 2. The summed E-state index contributed by atoms with van der Waals surface area (Å²) in [4.78, 5) is 59.5. The van der Waals surface area contributed by atoms with Crippen LogP contribution in [0.1, 0.15) is 27.6 Å². The quantitative estimate of drug-likeness (QED) is 0.620. The summed E-state index contributed by atoms with van der Waals surface area (Å²) in [5.74, 6) is -0.482. The summed E-state index contributed by atoms with van der Waals surface area (Å²) in [7, 11) is 1.49. The molecule has 166 valence electrons. The highest BCUT2D eigenvalue weighted by atomic mass is 16.2. The lowest BCUT2D eigenvalue weighted by molar-refractivity contribution is 0.0643. The summed E-state index contributed by atoms with van der Waals surface area (Å²) in [6, 6.07) is 8.09. The van der Waals surface area contributed by atoms with Crippen LogP contribution in [-0.2, 0) is 7.05 Å². The first kappa shape index (κ1) is 21.4. The molecule has 0 atom stereocenters. The minimum Gasteiger partial charge on any atom is -0.336 e. The number of nitrogens with one attached hydrogen (secondary N) is 2. The molecule has 2 amide bonds. The largest absolute Gasteiger partial charge is 0.336 e. The molecule has 0 saturated carbocycles. The molecule has 3 aromatic rings. The molecule has 1 saturated heterocycles. The van der Waals surface area contributed by atoms with E-state index in [1.54, 1.807) is 24.3 Å². The van der Waals surface area contributed by atoms with E-state index in [0.717, 1.165) is 19.6 Å². The SMILES string of the molecule is CCN1CCN(C(=O)c2ccc(NC(=O)c3cnc4c(c3)c(=O)[nH]c(=O)n4C)cc2)CC1. The van der Waals surface area contributed by atoms with Gasteiger partial charge in [0.1, 0.15) is 5.65 Å². The highest BCUT2D eigenvalue weighted by Crippen LogP contribution is 2.15. The van der Waals surface area contributed by atoms with Crippen molar-refractivity contribution in [2.24, 2.45) is 7.05 Å². The lowest BCUT2D eigenvalue weighted by Crippen LogP contribution is -2.48. The first-order valence-electron chi connectivity index (χ1n) is 10.4. The van der Waals surface area contributed by atoms with Crippen LogP contribution in [0.3, 0.4) is 0 Å². The molecule has 4 rings (SSSR count). The fraction of sp³-hybridized carbons (Fsp3) is 0.318. The summed E-state index contributed by atoms with van der Waals surface area (Å²) < 4.78 is 1.20. The van der Waals surface area contributed by atoms with Gasteiger partial charge < -0.3 is 15.1 Å². The van der Waals surface area contributed by atoms with Crippen LogP contribution in [0.5, 0.6) is 0 Å². The van der Waals surface area contributed by atoms with Gasteiger partial charge in [0.25, 0.3) is 17.4 Å². The molecule has 0 aliphatic carbocycles. The molecule has 0 unspecified atom stereocenters. The van der Waals surface area contributed by atoms with Gasteiger partial charge in [-0.05, 0) is 36.9 Å². The molecular formula is C22H24N6O4. The van der Waals surface area contributed by atoms with Crippen molar-refractivity contribution in [2.45, 2.75) is 6.92 Å². The molecule has 1 aliphatic rings. The number of anilines is 1. The number of hydrogen-bond acceptors (Lipinski definition) is 6. The third-order valence-corrected chi connectivity index (χ3v) is 5.71. The van der Waals surface area contributed by atoms with E-state index in [4.69, 9.17) is 0 Å². The zero-order valence-electron chi connectivity index (χ0n) is 17.9. The van der Waals surface area contributed by atoms with Crippen molar-refractivity contribution in [1.29, 1.82) is 0 Å². The standard InChI is InChI=1S/C22H24N6O4/c1-3-27-8-10-28(11-9-27)21(31)14-4-6-16(7-5-14)24-19(29)15-12-17-18(23-13-15)26(2)22(32)25-20(17)30/h4-7,12-13H,3,8-11H2,1-2H3,(H,24,29)(H,25,30,32). The molecule has 2 N–H and O–H groups in total. The average Bonchev–Trinajstić information content (AvgIpc) is 2.82. The number of piperazine rings is 1. The number of fused-ring (bicyclic) bond motifs is 1. The van der Waals surface area contributed by atoms with E-state index in [1.165, 1.54) is 23.9 Å². The molecule has 1 aromatic carbocycles. The molecule has 1 fully saturated rings. The Balaban J connectivity index is 1.47. The molecule has 32 heavy (non-hydrogen) atoms. The summed E-state index contributed by atoms with van der Waals surface area (Å²) >= 11 is 0. The smallest absolute Gasteiger partial charge is 0.329 e. The van der Waals surface area contributed by atoms with Crippen molar-refractivity contribution in [1.82, 2.24) is 24.3 Å². The van der Waals surface area contributed by atoms with Crippen LogP contribution in [0.25, 0.3) is 11.0 Å². The van der Waals surface area contributed by atoms with Crippen molar-refractivity contribution in [3.8, 4) is 0 Å². The summed E-state index contributed by atoms with van der Waals surface area (Å²) in [6.07, 6.45) is 1.31. The second-order valence-corrected chi connectivity index (χ2v) is 7.67. The Kier molecular flexibility index (Phi) is 5.87. The molecular weight excluding hydrogens is 412 g/mol. The van der Waals surface area contributed by atoms with Gasteiger partial charge in [0.05, 0.1) is 10.9 Å². The number of benzene rings is 1. The van der Waals surface area contributed by atoms with Gasteiger partial charge >= 0.3 is 5.69 Å². The predicted octanol–water partition coefficient (Wildman–Crippen LogP) is 0.652. The Morgan fingerprint density at radius 1 is 1.06 bits per heavy atom. The Hall–Kier alpha value is -3.79. The van der Waals surface area contributed by atoms with Crippen molar-refractivity contribution in [3.63, 3.8) is 0 Å². The first-order valence-corrected chi connectivity index (χ1v) is 10.4. The van der Waals surface area contributed by atoms with Crippen LogP contribution in [-0.4, -0.2) is 68.9 Å². The Morgan fingerprint density at radius 3 is 2.41 bits per heavy atom. The van der Waals surface area contributed by atoms with Crippen molar-refractivity contribution >= 4 is 28.5 Å². The minimum absolute atomic E-state index is 0.0257. The van der Waals surface area contributed by atoms with Gasteiger partial charge in [-0.2, -0.15) is 0 Å². The third-order valence-electron chi connectivity index (χ3n) is 5.71.